The Morgan fingerprint density at radius 2 is 1.93 bits per heavy atom. The van der Waals surface area contributed by atoms with Crippen LogP contribution >= 0.6 is 35.6 Å². The highest BCUT2D eigenvalue weighted by Crippen LogP contribution is 2.38. The standard InChI is InChI=1S/C18H27ClN4O3.HI/c1-2-20-18(21-3-4-23-5-7-24-8-6-23)22-13-14-11-15(19)17-16(12-14)25-9-10-26-17;/h11-12H,2-10,13H2,1H3,(H2,20,21,22);1H. The summed E-state index contributed by atoms with van der Waals surface area (Å²) in [6, 6.07) is 3.83. The van der Waals surface area contributed by atoms with Crippen LogP contribution in [0.4, 0.5) is 0 Å². The topological polar surface area (TPSA) is 67.4 Å². The van der Waals surface area contributed by atoms with E-state index in [2.05, 4.69) is 27.4 Å². The maximum atomic E-state index is 6.29. The number of nitrogens with zero attached hydrogens (tertiary/aromatic N) is 2. The van der Waals surface area contributed by atoms with E-state index in [4.69, 9.17) is 25.8 Å². The number of hydrogen-bond acceptors (Lipinski definition) is 5. The predicted molar refractivity (Wildman–Crippen MR) is 118 cm³/mol. The fourth-order valence-corrected chi connectivity index (χ4v) is 3.21. The molecular formula is C18H28ClIN4O3. The van der Waals surface area contributed by atoms with Gasteiger partial charge in [-0.25, -0.2) is 4.99 Å². The third-order valence-electron chi connectivity index (χ3n) is 4.24. The van der Waals surface area contributed by atoms with Crippen molar-refractivity contribution in [2.24, 2.45) is 4.99 Å². The van der Waals surface area contributed by atoms with Crippen molar-refractivity contribution in [3.05, 3.63) is 22.7 Å². The van der Waals surface area contributed by atoms with Crippen LogP contribution in [0.15, 0.2) is 17.1 Å². The number of morpholine rings is 1. The van der Waals surface area contributed by atoms with Crippen LogP contribution in [0, 0.1) is 0 Å². The maximum Gasteiger partial charge on any atom is 0.191 e. The van der Waals surface area contributed by atoms with E-state index in [0.29, 0.717) is 36.3 Å². The van der Waals surface area contributed by atoms with Crippen molar-refractivity contribution in [1.82, 2.24) is 15.5 Å². The van der Waals surface area contributed by atoms with Crippen LogP contribution in [0.1, 0.15) is 12.5 Å². The van der Waals surface area contributed by atoms with Crippen molar-refractivity contribution in [1.29, 1.82) is 0 Å². The second-order valence-corrected chi connectivity index (χ2v) is 6.58. The highest BCUT2D eigenvalue weighted by Gasteiger charge is 2.16. The first-order chi connectivity index (χ1) is 12.8. The molecule has 27 heavy (non-hydrogen) atoms. The number of hydrogen-bond donors (Lipinski definition) is 2. The zero-order valence-electron chi connectivity index (χ0n) is 15.6. The molecule has 0 aromatic heterocycles. The van der Waals surface area contributed by atoms with E-state index < -0.39 is 0 Å². The Morgan fingerprint density at radius 3 is 2.70 bits per heavy atom. The Hall–Kier alpha value is -0.970. The van der Waals surface area contributed by atoms with Crippen LogP contribution in [-0.2, 0) is 11.3 Å². The summed E-state index contributed by atoms with van der Waals surface area (Å²) in [6.07, 6.45) is 0. The summed E-state index contributed by atoms with van der Waals surface area (Å²) in [6.45, 7) is 9.89. The van der Waals surface area contributed by atoms with Gasteiger partial charge in [0.15, 0.2) is 17.5 Å². The summed E-state index contributed by atoms with van der Waals surface area (Å²) in [5, 5.41) is 7.22. The molecule has 0 radical (unpaired) electrons. The molecule has 1 saturated heterocycles. The minimum absolute atomic E-state index is 0. The number of benzene rings is 1. The largest absolute Gasteiger partial charge is 0.486 e. The van der Waals surface area contributed by atoms with E-state index in [0.717, 1.165) is 57.5 Å². The Morgan fingerprint density at radius 1 is 1.15 bits per heavy atom. The minimum Gasteiger partial charge on any atom is -0.486 e. The summed E-state index contributed by atoms with van der Waals surface area (Å²) in [5.74, 6) is 2.12. The maximum absolute atomic E-state index is 6.29. The third-order valence-corrected chi connectivity index (χ3v) is 4.53. The van der Waals surface area contributed by atoms with E-state index >= 15 is 0 Å². The zero-order chi connectivity index (χ0) is 18.2. The smallest absolute Gasteiger partial charge is 0.191 e. The Bertz CT molecular complexity index is 627. The number of guanidine groups is 1. The molecule has 2 aliphatic heterocycles. The molecule has 7 nitrogen and oxygen atoms in total. The molecule has 0 atom stereocenters. The fourth-order valence-electron chi connectivity index (χ4n) is 2.92. The number of fused-ring (bicyclic) bond motifs is 1. The van der Waals surface area contributed by atoms with E-state index in [1.165, 1.54) is 0 Å². The molecule has 3 rings (SSSR count). The Balaban J connectivity index is 0.00000261. The van der Waals surface area contributed by atoms with Gasteiger partial charge in [0, 0.05) is 32.7 Å². The van der Waals surface area contributed by atoms with Gasteiger partial charge in [0.25, 0.3) is 0 Å². The SMILES string of the molecule is CCNC(=NCc1cc(Cl)c2c(c1)OCCO2)NCCN1CCOCC1.I. The van der Waals surface area contributed by atoms with Crippen LogP contribution in [-0.4, -0.2) is 70.0 Å². The molecule has 2 N–H and O–H groups in total. The molecule has 1 aromatic rings. The van der Waals surface area contributed by atoms with E-state index in [1.807, 2.05) is 12.1 Å². The first kappa shape index (κ1) is 22.3. The molecule has 0 unspecified atom stereocenters. The van der Waals surface area contributed by atoms with Crippen molar-refractivity contribution in [2.75, 3.05) is 59.2 Å². The molecule has 0 saturated carbocycles. The van der Waals surface area contributed by atoms with Crippen molar-refractivity contribution >= 4 is 41.5 Å². The van der Waals surface area contributed by atoms with Crippen LogP contribution in [0.3, 0.4) is 0 Å². The predicted octanol–water partition coefficient (Wildman–Crippen LogP) is 2.12. The van der Waals surface area contributed by atoms with Gasteiger partial charge in [-0.15, -0.1) is 24.0 Å². The summed E-state index contributed by atoms with van der Waals surface area (Å²) in [5.41, 5.74) is 0.990. The van der Waals surface area contributed by atoms with E-state index in [9.17, 15) is 0 Å². The summed E-state index contributed by atoms with van der Waals surface area (Å²) < 4.78 is 16.6. The molecule has 152 valence electrons. The summed E-state index contributed by atoms with van der Waals surface area (Å²) in [7, 11) is 0. The monoisotopic (exact) mass is 510 g/mol. The molecule has 0 amide bonds. The van der Waals surface area contributed by atoms with Gasteiger partial charge in [0.05, 0.1) is 24.8 Å². The fraction of sp³-hybridized carbons (Fsp3) is 0.611. The van der Waals surface area contributed by atoms with Gasteiger partial charge in [-0.05, 0) is 24.6 Å². The molecule has 0 spiro atoms. The van der Waals surface area contributed by atoms with Crippen LogP contribution in [0.2, 0.25) is 5.02 Å². The van der Waals surface area contributed by atoms with Gasteiger partial charge in [0.2, 0.25) is 0 Å². The van der Waals surface area contributed by atoms with Crippen molar-refractivity contribution in [3.8, 4) is 11.5 Å². The van der Waals surface area contributed by atoms with Gasteiger partial charge >= 0.3 is 0 Å². The number of ether oxygens (including phenoxy) is 3. The first-order valence-corrected chi connectivity index (χ1v) is 9.54. The second-order valence-electron chi connectivity index (χ2n) is 6.18. The third kappa shape index (κ3) is 6.85. The van der Waals surface area contributed by atoms with Crippen molar-refractivity contribution in [2.45, 2.75) is 13.5 Å². The van der Waals surface area contributed by atoms with Gasteiger partial charge in [-0.1, -0.05) is 11.6 Å². The highest BCUT2D eigenvalue weighted by molar-refractivity contribution is 14.0. The van der Waals surface area contributed by atoms with Crippen molar-refractivity contribution in [3.63, 3.8) is 0 Å². The molecular weight excluding hydrogens is 483 g/mol. The Labute approximate surface area is 182 Å². The molecule has 1 fully saturated rings. The lowest BCUT2D eigenvalue weighted by Gasteiger charge is -2.26. The van der Waals surface area contributed by atoms with Crippen molar-refractivity contribution < 1.29 is 14.2 Å². The van der Waals surface area contributed by atoms with Crippen LogP contribution < -0.4 is 20.1 Å². The first-order valence-electron chi connectivity index (χ1n) is 9.16. The second kappa shape index (κ2) is 11.8. The van der Waals surface area contributed by atoms with Gasteiger partial charge in [0.1, 0.15) is 13.2 Å². The number of rotatable bonds is 6. The quantitative estimate of drug-likeness (QED) is 0.347. The van der Waals surface area contributed by atoms with Crippen LogP contribution in [0.25, 0.3) is 0 Å². The summed E-state index contributed by atoms with van der Waals surface area (Å²) in [4.78, 5) is 7.04. The Kier molecular flexibility index (Phi) is 9.74. The average Bonchev–Trinajstić information content (AvgIpc) is 2.67. The lowest BCUT2D eigenvalue weighted by atomic mass is 10.2. The average molecular weight is 511 g/mol. The molecule has 9 heteroatoms. The highest BCUT2D eigenvalue weighted by atomic mass is 127. The number of nitrogens with one attached hydrogen (secondary N) is 2. The molecule has 2 aliphatic rings. The lowest BCUT2D eigenvalue weighted by molar-refractivity contribution is 0.0389. The molecule has 2 heterocycles. The van der Waals surface area contributed by atoms with E-state index in [-0.39, 0.29) is 24.0 Å². The zero-order valence-corrected chi connectivity index (χ0v) is 18.7. The summed E-state index contributed by atoms with van der Waals surface area (Å²) >= 11 is 6.29. The minimum atomic E-state index is 0. The van der Waals surface area contributed by atoms with E-state index in [1.54, 1.807) is 0 Å². The normalized spacial score (nSPS) is 17.2. The number of halogens is 2. The molecule has 0 aliphatic carbocycles. The van der Waals surface area contributed by atoms with Crippen LogP contribution in [0.5, 0.6) is 11.5 Å². The molecule has 1 aromatic carbocycles. The molecule has 0 bridgehead atoms. The van der Waals surface area contributed by atoms with Gasteiger partial charge in [-0.3, -0.25) is 4.90 Å². The lowest BCUT2D eigenvalue weighted by Crippen LogP contribution is -2.44. The number of aliphatic imine (C=N–C) groups is 1. The van der Waals surface area contributed by atoms with Gasteiger partial charge < -0.3 is 24.8 Å². The van der Waals surface area contributed by atoms with Gasteiger partial charge in [-0.2, -0.15) is 0 Å².